The zero-order valence-corrected chi connectivity index (χ0v) is 23.3. The van der Waals surface area contributed by atoms with Crippen LogP contribution in [0.25, 0.3) is 88.8 Å². The molecule has 0 aliphatic heterocycles. The van der Waals surface area contributed by atoms with Crippen LogP contribution in [-0.2, 0) is 0 Å². The molecule has 0 saturated heterocycles. The van der Waals surface area contributed by atoms with Gasteiger partial charge >= 0.3 is 0 Å². The summed E-state index contributed by atoms with van der Waals surface area (Å²) in [5.74, 6) is 1.67. The Morgan fingerprint density at radius 2 is 1.14 bits per heavy atom. The van der Waals surface area contributed by atoms with Crippen LogP contribution in [0.15, 0.2) is 130 Å². The van der Waals surface area contributed by atoms with Gasteiger partial charge in [-0.3, -0.25) is 0 Å². The third kappa shape index (κ3) is 3.75. The molecular weight excluding hydrogens is 554 g/mol. The van der Waals surface area contributed by atoms with E-state index >= 15 is 0 Å². The van der Waals surface area contributed by atoms with Gasteiger partial charge in [-0.15, -0.1) is 0 Å². The van der Waals surface area contributed by atoms with Gasteiger partial charge in [0, 0.05) is 38.2 Å². The average Bonchev–Trinajstić information content (AvgIpc) is 3.63. The maximum absolute atomic E-state index is 6.72. The van der Waals surface area contributed by atoms with Crippen LogP contribution >= 0.6 is 11.6 Å². The van der Waals surface area contributed by atoms with Gasteiger partial charge in [0.25, 0.3) is 0 Å². The number of para-hydroxylation sites is 1. The van der Waals surface area contributed by atoms with E-state index in [9.17, 15) is 0 Å². The zero-order valence-electron chi connectivity index (χ0n) is 22.6. The minimum Gasteiger partial charge on any atom is -0.456 e. The summed E-state index contributed by atoms with van der Waals surface area (Å²) in [6.07, 6.45) is 0. The first kappa shape index (κ1) is 24.1. The second-order valence-corrected chi connectivity index (χ2v) is 11.0. The van der Waals surface area contributed by atoms with E-state index < -0.39 is 0 Å². The lowest BCUT2D eigenvalue weighted by Gasteiger charge is -2.10. The van der Waals surface area contributed by atoms with Crippen LogP contribution in [-0.4, -0.2) is 15.0 Å². The predicted octanol–water partition coefficient (Wildman–Crippen LogP) is 10.5. The fraction of sp³-hybridized carbons (Fsp3) is 0. The number of halogens is 1. The first-order valence-corrected chi connectivity index (χ1v) is 14.3. The number of furan rings is 2. The van der Waals surface area contributed by atoms with Crippen molar-refractivity contribution in [3.8, 4) is 34.2 Å². The molecule has 3 heterocycles. The SMILES string of the molecule is Clc1ccc(-c2nc(-c3ccccc3)nc(-c3cccc4oc5ccccc5c34)n2)c2c1oc1cc3ccccc3cc12. The van der Waals surface area contributed by atoms with Crippen LogP contribution in [0.1, 0.15) is 0 Å². The number of hydrogen-bond acceptors (Lipinski definition) is 5. The van der Waals surface area contributed by atoms with E-state index in [1.807, 2.05) is 91.0 Å². The Bertz CT molecular complexity index is 2530. The molecule has 5 nitrogen and oxygen atoms in total. The van der Waals surface area contributed by atoms with Crippen molar-refractivity contribution in [2.75, 3.05) is 0 Å². The fourth-order valence-corrected chi connectivity index (χ4v) is 6.21. The van der Waals surface area contributed by atoms with E-state index in [1.54, 1.807) is 0 Å². The van der Waals surface area contributed by atoms with Gasteiger partial charge in [0.2, 0.25) is 0 Å². The van der Waals surface area contributed by atoms with Crippen LogP contribution in [0.2, 0.25) is 5.02 Å². The highest BCUT2D eigenvalue weighted by molar-refractivity contribution is 6.36. The highest BCUT2D eigenvalue weighted by Crippen LogP contribution is 2.42. The second-order valence-electron chi connectivity index (χ2n) is 10.5. The molecule has 6 aromatic carbocycles. The Balaban J connectivity index is 1.37. The molecule has 0 fully saturated rings. The topological polar surface area (TPSA) is 65.0 Å². The quantitative estimate of drug-likeness (QED) is 0.210. The van der Waals surface area contributed by atoms with Crippen LogP contribution in [0, 0.1) is 0 Å². The molecule has 0 N–H and O–H groups in total. The first-order valence-electron chi connectivity index (χ1n) is 14.0. The lowest BCUT2D eigenvalue weighted by Crippen LogP contribution is -2.00. The molecule has 0 aliphatic rings. The number of fused-ring (bicyclic) bond motifs is 7. The van der Waals surface area contributed by atoms with Crippen molar-refractivity contribution in [3.05, 3.63) is 126 Å². The summed E-state index contributed by atoms with van der Waals surface area (Å²) in [7, 11) is 0. The normalized spacial score (nSPS) is 11.8. The summed E-state index contributed by atoms with van der Waals surface area (Å²) < 4.78 is 12.6. The average molecular weight is 574 g/mol. The summed E-state index contributed by atoms with van der Waals surface area (Å²) >= 11 is 6.72. The maximum Gasteiger partial charge on any atom is 0.164 e. The Labute approximate surface area is 250 Å². The molecule has 0 radical (unpaired) electrons. The number of nitrogens with zero attached hydrogens (tertiary/aromatic N) is 3. The third-order valence-corrected chi connectivity index (χ3v) is 8.29. The van der Waals surface area contributed by atoms with Gasteiger partial charge < -0.3 is 8.83 Å². The first-order chi connectivity index (χ1) is 21.2. The minimum absolute atomic E-state index is 0.534. The van der Waals surface area contributed by atoms with Crippen molar-refractivity contribution < 1.29 is 8.83 Å². The second kappa shape index (κ2) is 9.24. The van der Waals surface area contributed by atoms with Crippen LogP contribution in [0.3, 0.4) is 0 Å². The monoisotopic (exact) mass is 573 g/mol. The summed E-state index contributed by atoms with van der Waals surface area (Å²) in [6.45, 7) is 0. The Morgan fingerprint density at radius 3 is 1.98 bits per heavy atom. The standard InChI is InChI=1S/C37H20ClN3O2/c38-28-18-17-26(33-27-19-22-11-4-5-12-23(22)20-31(27)43-34(28)33)37-40-35(21-9-2-1-3-10-21)39-36(41-37)25-14-8-16-30-32(25)24-13-6-7-15-29(24)42-30/h1-20H. The molecule has 43 heavy (non-hydrogen) atoms. The summed E-state index contributed by atoms with van der Waals surface area (Å²) in [5, 5.41) is 6.55. The molecular formula is C37H20ClN3O2. The summed E-state index contributed by atoms with van der Waals surface area (Å²) in [6, 6.07) is 40.2. The minimum atomic E-state index is 0.534. The highest BCUT2D eigenvalue weighted by atomic mass is 35.5. The zero-order chi connectivity index (χ0) is 28.5. The van der Waals surface area contributed by atoms with Crippen LogP contribution in [0.4, 0.5) is 0 Å². The molecule has 6 heteroatoms. The van der Waals surface area contributed by atoms with Gasteiger partial charge in [-0.05, 0) is 47.2 Å². The Kier molecular flexibility index (Phi) is 5.18. The highest BCUT2D eigenvalue weighted by Gasteiger charge is 2.21. The van der Waals surface area contributed by atoms with Crippen molar-refractivity contribution in [1.82, 2.24) is 15.0 Å². The van der Waals surface area contributed by atoms with Gasteiger partial charge in [0.15, 0.2) is 23.1 Å². The maximum atomic E-state index is 6.72. The number of hydrogen-bond donors (Lipinski definition) is 0. The number of benzene rings is 6. The fourth-order valence-electron chi connectivity index (χ4n) is 6.01. The summed E-state index contributed by atoms with van der Waals surface area (Å²) in [5.41, 5.74) is 5.55. The lowest BCUT2D eigenvalue weighted by atomic mass is 10.0. The van der Waals surface area contributed by atoms with Crippen LogP contribution < -0.4 is 0 Å². The van der Waals surface area contributed by atoms with Gasteiger partial charge in [-0.25, -0.2) is 15.0 Å². The van der Waals surface area contributed by atoms with E-state index in [-0.39, 0.29) is 0 Å². The molecule has 0 atom stereocenters. The summed E-state index contributed by atoms with van der Waals surface area (Å²) in [4.78, 5) is 15.2. The Hall–Kier alpha value is -5.52. The van der Waals surface area contributed by atoms with Crippen molar-refractivity contribution in [3.63, 3.8) is 0 Å². The largest absolute Gasteiger partial charge is 0.456 e. The molecule has 3 aromatic heterocycles. The van der Waals surface area contributed by atoms with Crippen molar-refractivity contribution in [2.45, 2.75) is 0 Å². The predicted molar refractivity (Wildman–Crippen MR) is 173 cm³/mol. The van der Waals surface area contributed by atoms with Gasteiger partial charge in [-0.2, -0.15) is 0 Å². The van der Waals surface area contributed by atoms with E-state index in [0.29, 0.717) is 28.1 Å². The molecule has 0 bridgehead atoms. The molecule has 0 aliphatic carbocycles. The molecule has 0 amide bonds. The number of rotatable bonds is 3. The number of aromatic nitrogens is 3. The molecule has 9 rings (SSSR count). The molecule has 0 spiro atoms. The van der Waals surface area contributed by atoms with Gasteiger partial charge in [-0.1, -0.05) is 96.5 Å². The van der Waals surface area contributed by atoms with Crippen LogP contribution in [0.5, 0.6) is 0 Å². The van der Waals surface area contributed by atoms with E-state index in [1.165, 1.54) is 0 Å². The van der Waals surface area contributed by atoms with Gasteiger partial charge in [0.1, 0.15) is 16.7 Å². The van der Waals surface area contributed by atoms with Crippen molar-refractivity contribution >= 4 is 66.3 Å². The van der Waals surface area contributed by atoms with Crippen molar-refractivity contribution in [1.29, 1.82) is 0 Å². The molecule has 0 saturated carbocycles. The molecule has 9 aromatic rings. The van der Waals surface area contributed by atoms with E-state index in [2.05, 4.69) is 30.3 Å². The van der Waals surface area contributed by atoms with E-state index in [4.69, 9.17) is 35.4 Å². The van der Waals surface area contributed by atoms with E-state index in [0.717, 1.165) is 65.8 Å². The molecule has 0 unspecified atom stereocenters. The molecule has 202 valence electrons. The lowest BCUT2D eigenvalue weighted by molar-refractivity contribution is 0.669. The smallest absolute Gasteiger partial charge is 0.164 e. The van der Waals surface area contributed by atoms with Gasteiger partial charge in [0.05, 0.1) is 5.02 Å². The Morgan fingerprint density at radius 1 is 0.465 bits per heavy atom. The third-order valence-electron chi connectivity index (χ3n) is 7.99. The van der Waals surface area contributed by atoms with Crippen molar-refractivity contribution in [2.24, 2.45) is 0 Å².